The van der Waals surface area contributed by atoms with E-state index in [9.17, 15) is 18.3 Å². The smallest absolute Gasteiger partial charge is 0.184 e. The lowest BCUT2D eigenvalue weighted by Gasteiger charge is -2.25. The van der Waals surface area contributed by atoms with E-state index in [1.165, 1.54) is 19.2 Å². The quantitative estimate of drug-likeness (QED) is 0.587. The summed E-state index contributed by atoms with van der Waals surface area (Å²) in [6, 6.07) is 5.39. The first-order valence-electron chi connectivity index (χ1n) is 9.38. The number of carbonyl (C=O) groups is 2. The van der Waals surface area contributed by atoms with Crippen LogP contribution in [0.25, 0.3) is 0 Å². The Bertz CT molecular complexity index is 888. The second kappa shape index (κ2) is 11.4. The molecule has 9 heteroatoms. The summed E-state index contributed by atoms with van der Waals surface area (Å²) in [5, 5.41) is 15.6. The molecular formula is C22H27F3N2O4. The maximum Gasteiger partial charge on any atom is 0.184 e. The molecule has 3 rings (SSSR count). The van der Waals surface area contributed by atoms with Gasteiger partial charge in [-0.25, -0.2) is 13.2 Å². The molecule has 0 aromatic heterocycles. The average molecular weight is 440 g/mol. The maximum atomic E-state index is 14.6. The van der Waals surface area contributed by atoms with Crippen LogP contribution in [0.1, 0.15) is 31.7 Å². The molecule has 1 atom stereocenters. The van der Waals surface area contributed by atoms with Crippen molar-refractivity contribution in [2.45, 2.75) is 44.8 Å². The monoisotopic (exact) mass is 440 g/mol. The molecule has 1 aliphatic rings. The number of halogens is 3. The standard InChI is InChI=1S/C20H23F3N2O2.2CH2O/c1-11-4-5-15(13(21)8-11)24-19-17(23)14(22)9-16(27-3)18(19)25-20(6-7-20)10-12(2)26;2*1-2/h4-5,8-9,12,24-26H,6-7,10H2,1-3H3;2*1H2. The number of ether oxygens (including phenoxy) is 1. The van der Waals surface area contributed by atoms with Crippen molar-refractivity contribution in [1.82, 2.24) is 0 Å². The molecule has 1 fully saturated rings. The summed E-state index contributed by atoms with van der Waals surface area (Å²) in [6.45, 7) is 7.41. The van der Waals surface area contributed by atoms with Crippen LogP contribution in [-0.2, 0) is 9.59 Å². The molecule has 0 aliphatic heterocycles. The number of methoxy groups -OCH3 is 1. The van der Waals surface area contributed by atoms with Gasteiger partial charge in [-0.1, -0.05) is 6.07 Å². The molecule has 170 valence electrons. The first-order valence-corrected chi connectivity index (χ1v) is 9.38. The highest BCUT2D eigenvalue weighted by molar-refractivity contribution is 5.81. The number of carbonyl (C=O) groups excluding carboxylic acids is 2. The topological polar surface area (TPSA) is 87.7 Å². The molecule has 0 radical (unpaired) electrons. The van der Waals surface area contributed by atoms with Crippen LogP contribution in [0.3, 0.4) is 0 Å². The summed E-state index contributed by atoms with van der Waals surface area (Å²) in [6.07, 6.45) is 1.45. The lowest BCUT2D eigenvalue weighted by molar-refractivity contribution is -0.0987. The van der Waals surface area contributed by atoms with Gasteiger partial charge in [-0.3, -0.25) is 0 Å². The van der Waals surface area contributed by atoms with Crippen molar-refractivity contribution in [3.05, 3.63) is 47.3 Å². The highest BCUT2D eigenvalue weighted by Gasteiger charge is 2.44. The van der Waals surface area contributed by atoms with Gasteiger partial charge < -0.3 is 30.1 Å². The molecule has 0 bridgehead atoms. The van der Waals surface area contributed by atoms with E-state index < -0.39 is 29.1 Å². The van der Waals surface area contributed by atoms with E-state index in [1.807, 2.05) is 13.6 Å². The number of hydrogen-bond acceptors (Lipinski definition) is 6. The number of aliphatic hydroxyl groups excluding tert-OH is 1. The Morgan fingerprint density at radius 1 is 1.10 bits per heavy atom. The fourth-order valence-corrected chi connectivity index (χ4v) is 3.22. The van der Waals surface area contributed by atoms with E-state index in [0.717, 1.165) is 18.9 Å². The van der Waals surface area contributed by atoms with E-state index in [4.69, 9.17) is 14.3 Å². The summed E-state index contributed by atoms with van der Waals surface area (Å²) in [4.78, 5) is 16.0. The summed E-state index contributed by atoms with van der Waals surface area (Å²) < 4.78 is 48.2. The van der Waals surface area contributed by atoms with Crippen LogP contribution in [0.15, 0.2) is 24.3 Å². The number of rotatable bonds is 7. The van der Waals surface area contributed by atoms with Crippen LogP contribution in [0.4, 0.5) is 30.2 Å². The van der Waals surface area contributed by atoms with Crippen LogP contribution in [0.2, 0.25) is 0 Å². The molecule has 1 saturated carbocycles. The van der Waals surface area contributed by atoms with Crippen LogP contribution in [-0.4, -0.2) is 37.4 Å². The number of benzene rings is 2. The zero-order valence-electron chi connectivity index (χ0n) is 17.7. The first-order chi connectivity index (χ1) is 14.7. The first kappa shape index (κ1) is 26.0. The Balaban J connectivity index is 0.00000113. The number of hydrogen-bond donors (Lipinski definition) is 3. The van der Waals surface area contributed by atoms with Crippen molar-refractivity contribution < 1.29 is 32.6 Å². The molecule has 0 heterocycles. The number of nitrogens with one attached hydrogen (secondary N) is 2. The fourth-order valence-electron chi connectivity index (χ4n) is 3.22. The largest absolute Gasteiger partial charge is 0.494 e. The van der Waals surface area contributed by atoms with Crippen LogP contribution >= 0.6 is 0 Å². The third kappa shape index (κ3) is 6.45. The van der Waals surface area contributed by atoms with Crippen molar-refractivity contribution in [1.29, 1.82) is 0 Å². The molecular weight excluding hydrogens is 413 g/mol. The van der Waals surface area contributed by atoms with E-state index in [-0.39, 0.29) is 22.8 Å². The molecule has 0 saturated heterocycles. The van der Waals surface area contributed by atoms with Crippen LogP contribution in [0, 0.1) is 24.4 Å². The highest BCUT2D eigenvalue weighted by atomic mass is 19.2. The minimum atomic E-state index is -1.13. The van der Waals surface area contributed by atoms with Gasteiger partial charge in [0.15, 0.2) is 11.6 Å². The Kier molecular flexibility index (Phi) is 9.51. The van der Waals surface area contributed by atoms with E-state index >= 15 is 0 Å². The summed E-state index contributed by atoms with van der Waals surface area (Å²) >= 11 is 0. The minimum absolute atomic E-state index is 0.0237. The van der Waals surface area contributed by atoms with E-state index in [0.29, 0.717) is 12.0 Å². The number of aliphatic hydroxyl groups is 1. The summed E-state index contributed by atoms with van der Waals surface area (Å²) in [7, 11) is 1.35. The average Bonchev–Trinajstić information content (AvgIpc) is 3.50. The molecule has 2 aromatic rings. The van der Waals surface area contributed by atoms with Crippen molar-refractivity contribution in [3.8, 4) is 5.75 Å². The van der Waals surface area contributed by atoms with Crippen molar-refractivity contribution >= 4 is 30.6 Å². The summed E-state index contributed by atoms with van der Waals surface area (Å²) in [5.41, 5.74) is 0.285. The molecule has 1 unspecified atom stereocenters. The van der Waals surface area contributed by atoms with Gasteiger partial charge in [-0.2, -0.15) is 0 Å². The van der Waals surface area contributed by atoms with Gasteiger partial charge in [0.2, 0.25) is 0 Å². The number of aryl methyl sites for hydroxylation is 1. The highest BCUT2D eigenvalue weighted by Crippen LogP contribution is 2.48. The predicted octanol–water partition coefficient (Wildman–Crippen LogP) is 4.51. The van der Waals surface area contributed by atoms with Gasteiger partial charge in [-0.15, -0.1) is 0 Å². The Labute approximate surface area is 179 Å². The van der Waals surface area contributed by atoms with E-state index in [2.05, 4.69) is 10.6 Å². The predicted molar refractivity (Wildman–Crippen MR) is 113 cm³/mol. The van der Waals surface area contributed by atoms with Gasteiger partial charge >= 0.3 is 0 Å². The Hall–Kier alpha value is -3.07. The molecule has 3 N–H and O–H groups in total. The molecule has 1 aliphatic carbocycles. The molecule has 0 spiro atoms. The lowest BCUT2D eigenvalue weighted by Crippen LogP contribution is -2.27. The molecule has 6 nitrogen and oxygen atoms in total. The SMILES string of the molecule is C=O.C=O.COc1cc(F)c(F)c(Nc2ccc(C)cc2F)c1NC1(CC(C)O)CC1. The van der Waals surface area contributed by atoms with Crippen LogP contribution < -0.4 is 15.4 Å². The Morgan fingerprint density at radius 3 is 2.19 bits per heavy atom. The van der Waals surface area contributed by atoms with Crippen LogP contribution in [0.5, 0.6) is 5.75 Å². The minimum Gasteiger partial charge on any atom is -0.494 e. The van der Waals surface area contributed by atoms with Gasteiger partial charge in [-0.05, 0) is 50.8 Å². The fraction of sp³-hybridized carbons (Fsp3) is 0.364. The third-order valence-electron chi connectivity index (χ3n) is 4.72. The second-order valence-corrected chi connectivity index (χ2v) is 7.19. The number of anilines is 3. The maximum absolute atomic E-state index is 14.6. The molecule has 31 heavy (non-hydrogen) atoms. The third-order valence-corrected chi connectivity index (χ3v) is 4.72. The van der Waals surface area contributed by atoms with Crippen molar-refractivity contribution in [3.63, 3.8) is 0 Å². The normalized spacial score (nSPS) is 14.2. The lowest BCUT2D eigenvalue weighted by atomic mass is 10.1. The van der Waals surface area contributed by atoms with Crippen molar-refractivity contribution in [2.24, 2.45) is 0 Å². The van der Waals surface area contributed by atoms with E-state index in [1.54, 1.807) is 19.9 Å². The van der Waals surface area contributed by atoms with Crippen molar-refractivity contribution in [2.75, 3.05) is 17.7 Å². The Morgan fingerprint density at radius 2 is 1.71 bits per heavy atom. The zero-order chi connectivity index (χ0) is 23.8. The van der Waals surface area contributed by atoms with Gasteiger partial charge in [0.1, 0.15) is 36.5 Å². The zero-order valence-corrected chi connectivity index (χ0v) is 17.7. The van der Waals surface area contributed by atoms with Gasteiger partial charge in [0.25, 0.3) is 0 Å². The van der Waals surface area contributed by atoms with Gasteiger partial charge in [0.05, 0.1) is 18.9 Å². The molecule has 0 amide bonds. The molecule has 2 aromatic carbocycles. The summed E-state index contributed by atoms with van der Waals surface area (Å²) in [5.74, 6) is -2.71. The van der Waals surface area contributed by atoms with Gasteiger partial charge in [0, 0.05) is 11.6 Å². The second-order valence-electron chi connectivity index (χ2n) is 7.19.